The molecule has 17 nitrogen and oxygen atoms in total. The average molecular weight is 868 g/mol. The number of alkyl halides is 2. The van der Waals surface area contributed by atoms with Crippen molar-refractivity contribution in [3.63, 3.8) is 0 Å². The molecule has 6 fully saturated rings. The van der Waals surface area contributed by atoms with Gasteiger partial charge in [-0.2, -0.15) is 10.2 Å². The molecule has 5 aromatic rings. The standard InChI is InChI=1S/C44H51F2N11O6/c1-52-39-31(3-2-4-34(39)57(44(52)61)35-9-10-37(58)50-43(35)60)26-13-25(14-26)22-62-30-18-53(19-30)17-24-5-7-27(8-6-24)56-21-33(38(51-56)40(45)46)48-42(59)32-16-47-55-12-11-36(49-41(32)55)54-20-29-15-28(54)23-63-29/h2-4,11-12,16,21,24-30,35,40H,5-10,13-15,17-20,22-23H2,1H3,(H,48,59)(H,50,58,60)/t24-,25-,26+,27-,28-,29-,35?/m1/s1. The van der Waals surface area contributed by atoms with Crippen molar-refractivity contribution in [2.24, 2.45) is 18.9 Å². The molecule has 332 valence electrons. The summed E-state index contributed by atoms with van der Waals surface area (Å²) in [5.74, 6) is 0.665. The number of imidazole rings is 1. The van der Waals surface area contributed by atoms with Crippen LogP contribution in [0.15, 0.2) is 47.7 Å². The first-order chi connectivity index (χ1) is 30.5. The number of ether oxygens (including phenoxy) is 2. The van der Waals surface area contributed by atoms with Gasteiger partial charge < -0.3 is 19.7 Å². The van der Waals surface area contributed by atoms with Crippen molar-refractivity contribution in [1.82, 2.24) is 43.7 Å². The van der Waals surface area contributed by atoms with E-state index in [2.05, 4.69) is 36.7 Å². The van der Waals surface area contributed by atoms with E-state index in [4.69, 9.17) is 14.5 Å². The second kappa shape index (κ2) is 15.9. The summed E-state index contributed by atoms with van der Waals surface area (Å²) in [4.78, 5) is 60.7. The Kier molecular flexibility index (Phi) is 10.2. The number of carbonyl (C=O) groups is 3. The van der Waals surface area contributed by atoms with E-state index in [1.807, 2.05) is 18.2 Å². The Morgan fingerprint density at radius 1 is 1.02 bits per heavy atom. The number of aryl methyl sites for hydroxylation is 1. The van der Waals surface area contributed by atoms with Crippen LogP contribution in [0.1, 0.15) is 104 Å². The van der Waals surface area contributed by atoms with Gasteiger partial charge in [-0.3, -0.25) is 38.4 Å². The van der Waals surface area contributed by atoms with E-state index in [0.717, 1.165) is 93.5 Å². The predicted octanol–water partition coefficient (Wildman–Crippen LogP) is 4.35. The van der Waals surface area contributed by atoms with E-state index in [1.54, 1.807) is 33.3 Å². The van der Waals surface area contributed by atoms with Crippen LogP contribution < -0.4 is 21.2 Å². The smallest absolute Gasteiger partial charge is 0.329 e. The van der Waals surface area contributed by atoms with Crippen molar-refractivity contribution < 1.29 is 32.6 Å². The van der Waals surface area contributed by atoms with Crippen LogP contribution in [0.25, 0.3) is 16.7 Å². The highest BCUT2D eigenvalue weighted by molar-refractivity contribution is 6.08. The van der Waals surface area contributed by atoms with Crippen molar-refractivity contribution in [3.05, 3.63) is 70.2 Å². The van der Waals surface area contributed by atoms with Gasteiger partial charge in [0.25, 0.3) is 12.3 Å². The van der Waals surface area contributed by atoms with E-state index in [1.165, 1.54) is 10.7 Å². The van der Waals surface area contributed by atoms with Gasteiger partial charge in [-0.05, 0) is 86.8 Å². The number of rotatable bonds is 12. The molecule has 6 aliphatic rings. The molecule has 2 saturated carbocycles. The van der Waals surface area contributed by atoms with E-state index in [0.29, 0.717) is 43.0 Å². The second-order valence-electron chi connectivity index (χ2n) is 18.5. The number of hydrogen-bond donors (Lipinski definition) is 2. The lowest BCUT2D eigenvalue weighted by atomic mass is 9.71. The molecular weight excluding hydrogens is 817 g/mol. The SMILES string of the molecule is Cn1c(=O)n(C2CCC(=O)NC2=O)c2cccc([C@H]3C[C@@H](COC4CN(C[C@H]5CC[C@H](n6cc(NC(=O)c7cnn8ccc(N9C[C@H]%10C[C@@H]9CO%10)nc78)c(C(F)F)n6)CC5)C4)C3)c21. The van der Waals surface area contributed by atoms with E-state index in [9.17, 15) is 28.0 Å². The maximum Gasteiger partial charge on any atom is 0.329 e. The number of benzene rings is 1. The van der Waals surface area contributed by atoms with Gasteiger partial charge in [0.2, 0.25) is 11.8 Å². The number of fused-ring (bicyclic) bond motifs is 4. The quantitative estimate of drug-likeness (QED) is 0.171. The average Bonchev–Trinajstić information content (AvgIpc) is 4.09. The van der Waals surface area contributed by atoms with Crippen LogP contribution in [0.2, 0.25) is 0 Å². The molecule has 4 aromatic heterocycles. The number of para-hydroxylation sites is 1. The normalized spacial score (nSPS) is 27.7. The third-order valence-electron chi connectivity index (χ3n) is 14.5. The molecule has 4 aliphatic heterocycles. The molecule has 2 aliphatic carbocycles. The minimum atomic E-state index is -2.86. The zero-order chi connectivity index (χ0) is 43.1. The zero-order valence-electron chi connectivity index (χ0n) is 35.1. The number of aromatic nitrogens is 7. The van der Waals surface area contributed by atoms with Crippen molar-refractivity contribution in [2.45, 2.75) is 100 Å². The Balaban J connectivity index is 0.641. The molecule has 3 atom stereocenters. The topological polar surface area (TPSA) is 175 Å². The number of likely N-dealkylation sites (tertiary alicyclic amines) is 1. The van der Waals surface area contributed by atoms with Crippen LogP contribution in [-0.4, -0.2) is 114 Å². The zero-order valence-corrected chi connectivity index (χ0v) is 35.1. The highest BCUT2D eigenvalue weighted by Crippen LogP contribution is 2.45. The number of nitrogens with one attached hydrogen (secondary N) is 2. The fourth-order valence-electron chi connectivity index (χ4n) is 11.1. The van der Waals surface area contributed by atoms with Crippen molar-refractivity contribution in [1.29, 1.82) is 0 Å². The van der Waals surface area contributed by atoms with Crippen LogP contribution >= 0.6 is 0 Å². The van der Waals surface area contributed by atoms with E-state index >= 15 is 0 Å². The summed E-state index contributed by atoms with van der Waals surface area (Å²) < 4.78 is 46.9. The van der Waals surface area contributed by atoms with Gasteiger partial charge >= 0.3 is 5.69 Å². The van der Waals surface area contributed by atoms with Crippen LogP contribution in [0, 0.1) is 11.8 Å². The first-order valence-electron chi connectivity index (χ1n) is 22.3. The number of nitrogens with zero attached hydrogens (tertiary/aromatic N) is 9. The largest absolute Gasteiger partial charge is 0.375 e. The maximum absolute atomic E-state index is 14.3. The minimum Gasteiger partial charge on any atom is -0.375 e. The van der Waals surface area contributed by atoms with Gasteiger partial charge in [-0.1, -0.05) is 12.1 Å². The van der Waals surface area contributed by atoms with Crippen molar-refractivity contribution in [2.75, 3.05) is 49.6 Å². The molecule has 3 amide bonds. The third-order valence-corrected chi connectivity index (χ3v) is 14.5. The maximum atomic E-state index is 14.3. The van der Waals surface area contributed by atoms with Gasteiger partial charge in [-0.25, -0.2) is 23.1 Å². The van der Waals surface area contributed by atoms with E-state index in [-0.39, 0.29) is 53.6 Å². The van der Waals surface area contributed by atoms with Gasteiger partial charge in [0.15, 0.2) is 11.3 Å². The third kappa shape index (κ3) is 7.30. The molecule has 4 saturated heterocycles. The Bertz CT molecular complexity index is 2650. The molecule has 0 radical (unpaired) electrons. The van der Waals surface area contributed by atoms with Crippen molar-refractivity contribution >= 4 is 45.9 Å². The molecule has 0 spiro atoms. The van der Waals surface area contributed by atoms with Crippen LogP contribution in [0.3, 0.4) is 0 Å². The summed E-state index contributed by atoms with van der Waals surface area (Å²) in [6.07, 6.45) is 9.17. The second-order valence-corrected chi connectivity index (χ2v) is 18.5. The number of imide groups is 1. The highest BCUT2D eigenvalue weighted by Gasteiger charge is 2.41. The molecule has 8 heterocycles. The lowest BCUT2D eigenvalue weighted by molar-refractivity contribution is -0.135. The minimum absolute atomic E-state index is 0.00305. The Morgan fingerprint density at radius 2 is 1.84 bits per heavy atom. The first-order valence-corrected chi connectivity index (χ1v) is 22.3. The summed E-state index contributed by atoms with van der Waals surface area (Å²) in [5, 5.41) is 13.6. The molecule has 19 heteroatoms. The number of halogens is 2. The van der Waals surface area contributed by atoms with Gasteiger partial charge in [0, 0.05) is 58.6 Å². The lowest BCUT2D eigenvalue weighted by Gasteiger charge is -2.43. The summed E-state index contributed by atoms with van der Waals surface area (Å²) in [6, 6.07) is 7.28. The molecule has 2 bridgehead atoms. The summed E-state index contributed by atoms with van der Waals surface area (Å²) in [5.41, 5.74) is 2.54. The molecule has 11 rings (SSSR count). The lowest BCUT2D eigenvalue weighted by Crippen LogP contribution is -2.54. The predicted molar refractivity (Wildman–Crippen MR) is 225 cm³/mol. The Hall–Kier alpha value is -5.53. The number of morpholine rings is 1. The fourth-order valence-corrected chi connectivity index (χ4v) is 11.1. The Labute approximate surface area is 360 Å². The first kappa shape index (κ1) is 40.3. The van der Waals surface area contributed by atoms with Crippen LogP contribution in [0.4, 0.5) is 20.3 Å². The summed E-state index contributed by atoms with van der Waals surface area (Å²) >= 11 is 0. The Morgan fingerprint density at radius 3 is 2.59 bits per heavy atom. The van der Waals surface area contributed by atoms with Gasteiger partial charge in [-0.15, -0.1) is 0 Å². The molecular formula is C44H51F2N11O6. The van der Waals surface area contributed by atoms with Crippen molar-refractivity contribution in [3.8, 4) is 0 Å². The molecule has 2 N–H and O–H groups in total. The van der Waals surface area contributed by atoms with Crippen LogP contribution in [0.5, 0.6) is 0 Å². The summed E-state index contributed by atoms with van der Waals surface area (Å²) in [6.45, 7) is 4.84. The number of amides is 3. The number of carbonyl (C=O) groups excluding carboxylic acids is 3. The molecule has 63 heavy (non-hydrogen) atoms. The molecule has 1 unspecified atom stereocenters. The monoisotopic (exact) mass is 867 g/mol. The van der Waals surface area contributed by atoms with Gasteiger partial charge in [0.1, 0.15) is 17.4 Å². The number of hydrogen-bond acceptors (Lipinski definition) is 11. The van der Waals surface area contributed by atoms with Gasteiger partial charge in [0.05, 0.1) is 53.8 Å². The number of piperidine rings is 1. The molecule has 1 aromatic carbocycles. The van der Waals surface area contributed by atoms with Crippen LogP contribution in [-0.2, 0) is 26.1 Å². The van der Waals surface area contributed by atoms with E-state index < -0.39 is 30.0 Å². The highest BCUT2D eigenvalue weighted by atomic mass is 19.3. The fraction of sp³-hybridized carbons (Fsp3) is 0.568. The summed E-state index contributed by atoms with van der Waals surface area (Å²) in [7, 11) is 1.75. The number of anilines is 2.